The first kappa shape index (κ1) is 29.8. The molecule has 0 bridgehead atoms. The second kappa shape index (κ2) is 12.3. The number of ether oxygens (including phenoxy) is 1. The van der Waals surface area contributed by atoms with Gasteiger partial charge in [-0.1, -0.05) is 55.5 Å². The number of nitrogens with zero attached hydrogens (tertiary/aromatic N) is 1. The van der Waals surface area contributed by atoms with Gasteiger partial charge in [0.25, 0.3) is 11.5 Å². The number of aromatic amines is 1. The highest BCUT2D eigenvalue weighted by molar-refractivity contribution is 7.91. The van der Waals surface area contributed by atoms with E-state index in [0.717, 1.165) is 24.0 Å². The molecule has 2 heterocycles. The highest BCUT2D eigenvalue weighted by Gasteiger charge is 2.22. The Hall–Kier alpha value is -4.63. The Bertz CT molecular complexity index is 1980. The monoisotopic (exact) mass is 597 g/mol. The number of carbonyl (C=O) groups is 1. The second-order valence-corrected chi connectivity index (χ2v) is 12.8. The third-order valence-corrected chi connectivity index (χ3v) is 9.29. The van der Waals surface area contributed by atoms with Crippen LogP contribution in [0.4, 0.5) is 0 Å². The average molecular weight is 598 g/mol. The largest absolute Gasteiger partial charge is 0.456 e. The third-order valence-electron chi connectivity index (χ3n) is 7.56. The number of nitrogens with one attached hydrogen (secondary N) is 2. The zero-order valence-electron chi connectivity index (χ0n) is 24.7. The highest BCUT2D eigenvalue weighted by atomic mass is 32.2. The minimum Gasteiger partial charge on any atom is -0.456 e. The Morgan fingerprint density at radius 2 is 1.72 bits per heavy atom. The number of aryl methyl sites for hydroxylation is 4. The van der Waals surface area contributed by atoms with E-state index in [0.29, 0.717) is 34.6 Å². The molecule has 222 valence electrons. The summed E-state index contributed by atoms with van der Waals surface area (Å²) < 4.78 is 34.0. The standard InChI is InChI=1S/C34H35N3O5S/c1-5-35-33(38)29-20-27-28(21-37(4)34(39)31(27)36-29)26-19-25(43(40,41)6-2)17-18-30(26)42-32-22(3)11-10-14-24(32)16-15-23-12-8-7-9-13-23/h7-14,17-21,36H,5-6,15-16H2,1-4H3,(H,35,38). The molecule has 3 aromatic carbocycles. The van der Waals surface area contributed by atoms with Crippen LogP contribution >= 0.6 is 0 Å². The van der Waals surface area contributed by atoms with E-state index in [2.05, 4.69) is 22.4 Å². The van der Waals surface area contributed by atoms with E-state index in [1.807, 2.05) is 50.2 Å². The molecular weight excluding hydrogens is 562 g/mol. The Balaban J connectivity index is 1.68. The van der Waals surface area contributed by atoms with Crippen LogP contribution in [0.3, 0.4) is 0 Å². The molecule has 0 saturated heterocycles. The lowest BCUT2D eigenvalue weighted by Crippen LogP contribution is -2.23. The fraction of sp³-hybridized carbons (Fsp3) is 0.235. The smallest absolute Gasteiger partial charge is 0.274 e. The molecular formula is C34H35N3O5S. The van der Waals surface area contributed by atoms with E-state index >= 15 is 0 Å². The number of fused-ring (bicyclic) bond motifs is 1. The minimum atomic E-state index is -3.56. The maximum atomic E-state index is 13.1. The van der Waals surface area contributed by atoms with Gasteiger partial charge in [-0.2, -0.15) is 0 Å². The number of aromatic nitrogens is 2. The first-order chi connectivity index (χ1) is 20.6. The molecule has 1 amide bonds. The van der Waals surface area contributed by atoms with Crippen molar-refractivity contribution >= 4 is 26.6 Å². The molecule has 2 N–H and O–H groups in total. The van der Waals surface area contributed by atoms with Crippen molar-refractivity contribution in [2.45, 2.75) is 38.5 Å². The molecule has 0 aliphatic heterocycles. The van der Waals surface area contributed by atoms with Crippen molar-refractivity contribution in [1.82, 2.24) is 14.9 Å². The van der Waals surface area contributed by atoms with Gasteiger partial charge in [-0.25, -0.2) is 8.42 Å². The van der Waals surface area contributed by atoms with Crippen molar-refractivity contribution in [2.24, 2.45) is 7.05 Å². The van der Waals surface area contributed by atoms with Crippen molar-refractivity contribution in [3.63, 3.8) is 0 Å². The number of pyridine rings is 1. The molecule has 8 nitrogen and oxygen atoms in total. The van der Waals surface area contributed by atoms with Gasteiger partial charge in [0.2, 0.25) is 0 Å². The summed E-state index contributed by atoms with van der Waals surface area (Å²) in [7, 11) is -1.94. The predicted molar refractivity (Wildman–Crippen MR) is 170 cm³/mol. The van der Waals surface area contributed by atoms with Crippen LogP contribution < -0.4 is 15.6 Å². The molecule has 0 unspecified atom stereocenters. The van der Waals surface area contributed by atoms with Gasteiger partial charge in [0, 0.05) is 36.3 Å². The predicted octanol–water partition coefficient (Wildman–Crippen LogP) is 5.96. The number of hydrogen-bond donors (Lipinski definition) is 2. The van der Waals surface area contributed by atoms with Crippen molar-refractivity contribution in [3.05, 3.63) is 112 Å². The Morgan fingerprint density at radius 1 is 0.953 bits per heavy atom. The minimum absolute atomic E-state index is 0.0672. The molecule has 5 rings (SSSR count). The number of benzene rings is 3. The molecule has 0 atom stereocenters. The van der Waals surface area contributed by atoms with Gasteiger partial charge in [-0.3, -0.25) is 9.59 Å². The molecule has 0 aliphatic rings. The van der Waals surface area contributed by atoms with Gasteiger partial charge >= 0.3 is 0 Å². The summed E-state index contributed by atoms with van der Waals surface area (Å²) >= 11 is 0. The van der Waals surface area contributed by atoms with Crippen molar-refractivity contribution < 1.29 is 17.9 Å². The van der Waals surface area contributed by atoms with Crippen LogP contribution in [0, 0.1) is 6.92 Å². The van der Waals surface area contributed by atoms with Crippen molar-refractivity contribution in [2.75, 3.05) is 12.3 Å². The maximum absolute atomic E-state index is 13.1. The lowest BCUT2D eigenvalue weighted by Gasteiger charge is -2.18. The van der Waals surface area contributed by atoms with Gasteiger partial charge < -0.3 is 19.6 Å². The summed E-state index contributed by atoms with van der Waals surface area (Å²) in [5.41, 5.74) is 4.40. The summed E-state index contributed by atoms with van der Waals surface area (Å²) in [5.74, 6) is 0.728. The van der Waals surface area contributed by atoms with E-state index in [-0.39, 0.29) is 33.3 Å². The summed E-state index contributed by atoms with van der Waals surface area (Å²) in [6.45, 7) is 5.82. The molecule has 0 radical (unpaired) electrons. The van der Waals surface area contributed by atoms with Gasteiger partial charge in [0.1, 0.15) is 22.7 Å². The summed E-state index contributed by atoms with van der Waals surface area (Å²) in [6.07, 6.45) is 3.23. The number of hydrogen-bond acceptors (Lipinski definition) is 5. The van der Waals surface area contributed by atoms with Crippen LogP contribution in [0.15, 0.2) is 88.7 Å². The van der Waals surface area contributed by atoms with Gasteiger partial charge in [0.05, 0.1) is 10.6 Å². The number of carbonyl (C=O) groups excluding carboxylic acids is 1. The average Bonchev–Trinajstić information content (AvgIpc) is 3.46. The van der Waals surface area contributed by atoms with E-state index in [9.17, 15) is 18.0 Å². The molecule has 0 aliphatic carbocycles. The number of rotatable bonds is 10. The van der Waals surface area contributed by atoms with E-state index in [4.69, 9.17) is 4.74 Å². The molecule has 5 aromatic rings. The second-order valence-electron chi connectivity index (χ2n) is 10.5. The Labute approximate surface area is 251 Å². The first-order valence-electron chi connectivity index (χ1n) is 14.3. The summed E-state index contributed by atoms with van der Waals surface area (Å²) in [4.78, 5) is 28.9. The first-order valence-corrected chi connectivity index (χ1v) is 16.0. The quantitative estimate of drug-likeness (QED) is 0.206. The highest BCUT2D eigenvalue weighted by Crippen LogP contribution is 2.40. The fourth-order valence-corrected chi connectivity index (χ4v) is 6.09. The van der Waals surface area contributed by atoms with Crippen LogP contribution in [0.5, 0.6) is 11.5 Å². The molecule has 0 saturated carbocycles. The Kier molecular flexibility index (Phi) is 8.54. The van der Waals surface area contributed by atoms with E-state index < -0.39 is 9.84 Å². The zero-order valence-corrected chi connectivity index (χ0v) is 25.5. The normalized spacial score (nSPS) is 11.5. The topological polar surface area (TPSA) is 110 Å². The number of H-pyrrole nitrogens is 1. The van der Waals surface area contributed by atoms with Crippen LogP contribution in [0.1, 0.15) is 41.0 Å². The fourth-order valence-electron chi connectivity index (χ4n) is 5.19. The number of para-hydroxylation sites is 1. The molecule has 0 fully saturated rings. The Morgan fingerprint density at radius 3 is 2.44 bits per heavy atom. The van der Waals surface area contributed by atoms with E-state index in [1.54, 1.807) is 44.4 Å². The molecule has 0 spiro atoms. The van der Waals surface area contributed by atoms with Crippen LogP contribution in [-0.2, 0) is 29.7 Å². The van der Waals surface area contributed by atoms with Crippen LogP contribution in [0.2, 0.25) is 0 Å². The van der Waals surface area contributed by atoms with Crippen LogP contribution in [-0.4, -0.2) is 36.2 Å². The molecule has 2 aromatic heterocycles. The van der Waals surface area contributed by atoms with Crippen LogP contribution in [0.25, 0.3) is 22.0 Å². The number of amides is 1. The van der Waals surface area contributed by atoms with Gasteiger partial charge in [0.15, 0.2) is 9.84 Å². The SMILES string of the molecule is CCNC(=O)c1cc2c(-c3cc(S(=O)(=O)CC)ccc3Oc3c(C)cccc3CCc3ccccc3)cn(C)c(=O)c2[nH]1. The summed E-state index contributed by atoms with van der Waals surface area (Å²) in [5, 5.41) is 3.24. The molecule has 9 heteroatoms. The zero-order chi connectivity index (χ0) is 30.7. The summed E-state index contributed by atoms with van der Waals surface area (Å²) in [6, 6.07) is 22.7. The van der Waals surface area contributed by atoms with Crippen molar-refractivity contribution in [3.8, 4) is 22.6 Å². The van der Waals surface area contributed by atoms with Gasteiger partial charge in [-0.15, -0.1) is 0 Å². The number of sulfone groups is 1. The maximum Gasteiger partial charge on any atom is 0.274 e. The lowest BCUT2D eigenvalue weighted by atomic mass is 10.0. The lowest BCUT2D eigenvalue weighted by molar-refractivity contribution is 0.0951. The molecule has 43 heavy (non-hydrogen) atoms. The third kappa shape index (κ3) is 6.12. The van der Waals surface area contributed by atoms with E-state index in [1.165, 1.54) is 10.1 Å². The van der Waals surface area contributed by atoms with Crippen molar-refractivity contribution in [1.29, 1.82) is 0 Å². The van der Waals surface area contributed by atoms with Gasteiger partial charge in [-0.05, 0) is 67.6 Å².